The molecule has 2 aromatic rings. The number of rotatable bonds is 3. The van der Waals surface area contributed by atoms with Crippen molar-refractivity contribution in [2.45, 2.75) is 38.6 Å². The molecule has 1 atom stereocenters. The van der Waals surface area contributed by atoms with Gasteiger partial charge in [0.1, 0.15) is 15.7 Å². The summed E-state index contributed by atoms with van der Waals surface area (Å²) >= 11 is 3.71. The van der Waals surface area contributed by atoms with Crippen LogP contribution in [0.3, 0.4) is 0 Å². The molecule has 3 heterocycles. The zero-order valence-electron chi connectivity index (χ0n) is 12.3. The number of piperidine rings is 1. The van der Waals surface area contributed by atoms with Crippen LogP contribution in [0.4, 0.5) is 0 Å². The number of nitrogens with zero attached hydrogens (tertiary/aromatic N) is 2. The lowest BCUT2D eigenvalue weighted by Gasteiger charge is -2.22. The van der Waals surface area contributed by atoms with Gasteiger partial charge in [0.15, 0.2) is 0 Å². The predicted molar refractivity (Wildman–Crippen MR) is 87.9 cm³/mol. The quantitative estimate of drug-likeness (QED) is 0.693. The van der Waals surface area contributed by atoms with Gasteiger partial charge in [0.25, 0.3) is 0 Å². The lowest BCUT2D eigenvalue weighted by molar-refractivity contribution is 0.410. The summed E-state index contributed by atoms with van der Waals surface area (Å²) in [7, 11) is 0. The molecular formula is C15H21N3S2. The van der Waals surface area contributed by atoms with E-state index < -0.39 is 0 Å². The summed E-state index contributed by atoms with van der Waals surface area (Å²) < 4.78 is 0. The maximum Gasteiger partial charge on any atom is 0.128 e. The van der Waals surface area contributed by atoms with Gasteiger partial charge >= 0.3 is 0 Å². The minimum atomic E-state index is 0.777. The summed E-state index contributed by atoms with van der Waals surface area (Å²) in [5.41, 5.74) is 1.36. The Bertz CT molecular complexity index is 615. The highest BCUT2D eigenvalue weighted by Gasteiger charge is 2.17. The molecule has 108 valence electrons. The van der Waals surface area contributed by atoms with Crippen LogP contribution >= 0.6 is 23.1 Å². The number of nitrogens with one attached hydrogen (secondary N) is 1. The van der Waals surface area contributed by atoms with Gasteiger partial charge in [-0.15, -0.1) is 23.1 Å². The van der Waals surface area contributed by atoms with Gasteiger partial charge in [-0.1, -0.05) is 0 Å². The molecule has 0 aliphatic carbocycles. The number of hydrogen-bond acceptors (Lipinski definition) is 5. The van der Waals surface area contributed by atoms with E-state index >= 15 is 0 Å². The third kappa shape index (κ3) is 2.85. The Balaban J connectivity index is 1.86. The van der Waals surface area contributed by atoms with Gasteiger partial charge in [0.05, 0.1) is 0 Å². The normalized spacial score (nSPS) is 19.6. The van der Waals surface area contributed by atoms with Crippen LogP contribution in [-0.4, -0.2) is 28.8 Å². The number of thioether (sulfide) groups is 1. The molecule has 1 aliphatic heterocycles. The van der Waals surface area contributed by atoms with Crippen LogP contribution in [0.5, 0.6) is 0 Å². The Hall–Kier alpha value is -0.650. The molecule has 2 aromatic heterocycles. The van der Waals surface area contributed by atoms with Gasteiger partial charge in [0.2, 0.25) is 0 Å². The third-order valence-electron chi connectivity index (χ3n) is 3.96. The smallest absolute Gasteiger partial charge is 0.128 e. The number of aromatic nitrogens is 2. The Morgan fingerprint density at radius 1 is 1.30 bits per heavy atom. The molecule has 0 radical (unpaired) electrons. The zero-order valence-corrected chi connectivity index (χ0v) is 14.0. The standard InChI is InChI=1S/C15H21N3S2/c1-9-10(2)20-15-13(9)14(17-11(3)18-15)19-8-12-5-4-6-16-7-12/h12,16H,4-8H2,1-3H3. The second-order valence-corrected chi connectivity index (χ2v) is 7.77. The Morgan fingerprint density at radius 3 is 2.90 bits per heavy atom. The molecule has 1 saturated heterocycles. The van der Waals surface area contributed by atoms with Gasteiger partial charge in [0, 0.05) is 16.0 Å². The molecule has 3 nitrogen and oxygen atoms in total. The minimum absolute atomic E-state index is 0.777. The van der Waals surface area contributed by atoms with Gasteiger partial charge < -0.3 is 5.32 Å². The first-order chi connectivity index (χ1) is 9.65. The molecule has 1 fully saturated rings. The van der Waals surface area contributed by atoms with E-state index in [9.17, 15) is 0 Å². The van der Waals surface area contributed by atoms with Crippen LogP contribution in [0.1, 0.15) is 29.1 Å². The second kappa shape index (κ2) is 6.00. The number of hydrogen-bond donors (Lipinski definition) is 1. The molecule has 0 bridgehead atoms. The summed E-state index contributed by atoms with van der Waals surface area (Å²) in [6, 6.07) is 0. The highest BCUT2D eigenvalue weighted by molar-refractivity contribution is 7.99. The molecular weight excluding hydrogens is 286 g/mol. The molecule has 0 saturated carbocycles. The average molecular weight is 307 g/mol. The van der Waals surface area contributed by atoms with E-state index in [4.69, 9.17) is 4.98 Å². The van der Waals surface area contributed by atoms with Crippen molar-refractivity contribution in [3.05, 3.63) is 16.3 Å². The van der Waals surface area contributed by atoms with Crippen molar-refractivity contribution in [1.29, 1.82) is 0 Å². The minimum Gasteiger partial charge on any atom is -0.316 e. The fourth-order valence-corrected chi connectivity index (χ4v) is 5.09. The zero-order chi connectivity index (χ0) is 14.1. The number of aryl methyl sites for hydroxylation is 3. The first-order valence-corrected chi connectivity index (χ1v) is 9.03. The van der Waals surface area contributed by atoms with Gasteiger partial charge in [-0.25, -0.2) is 9.97 Å². The van der Waals surface area contributed by atoms with Crippen molar-refractivity contribution in [2.75, 3.05) is 18.8 Å². The molecule has 1 unspecified atom stereocenters. The van der Waals surface area contributed by atoms with Crippen LogP contribution in [0.2, 0.25) is 0 Å². The van der Waals surface area contributed by atoms with Gasteiger partial charge in [-0.2, -0.15) is 0 Å². The van der Waals surface area contributed by atoms with Crippen LogP contribution in [0, 0.1) is 26.7 Å². The maximum atomic E-state index is 4.70. The van der Waals surface area contributed by atoms with E-state index in [0.29, 0.717) is 0 Å². The lowest BCUT2D eigenvalue weighted by atomic mass is 10.0. The van der Waals surface area contributed by atoms with Crippen molar-refractivity contribution >= 4 is 33.3 Å². The SMILES string of the molecule is Cc1nc(SCC2CCCNC2)c2c(C)c(C)sc2n1. The first kappa shape index (κ1) is 14.3. The highest BCUT2D eigenvalue weighted by atomic mass is 32.2. The highest BCUT2D eigenvalue weighted by Crippen LogP contribution is 2.36. The van der Waals surface area contributed by atoms with Crippen LogP contribution in [0.15, 0.2) is 5.03 Å². The number of fused-ring (bicyclic) bond motifs is 1. The molecule has 5 heteroatoms. The monoisotopic (exact) mass is 307 g/mol. The molecule has 1 N–H and O–H groups in total. The van der Waals surface area contributed by atoms with Crippen molar-refractivity contribution in [2.24, 2.45) is 5.92 Å². The summed E-state index contributed by atoms with van der Waals surface area (Å²) in [5, 5.41) is 5.96. The predicted octanol–water partition coefficient (Wildman–Crippen LogP) is 3.71. The third-order valence-corrected chi connectivity index (χ3v) is 6.27. The Labute approximate surface area is 128 Å². The molecule has 3 rings (SSSR count). The van der Waals surface area contributed by atoms with E-state index in [2.05, 4.69) is 24.1 Å². The van der Waals surface area contributed by atoms with E-state index in [0.717, 1.165) is 28.9 Å². The van der Waals surface area contributed by atoms with Crippen molar-refractivity contribution in [3.8, 4) is 0 Å². The summed E-state index contributed by atoms with van der Waals surface area (Å²) in [5.74, 6) is 2.83. The average Bonchev–Trinajstić information content (AvgIpc) is 2.72. The topological polar surface area (TPSA) is 37.8 Å². The van der Waals surface area contributed by atoms with Crippen LogP contribution in [-0.2, 0) is 0 Å². The van der Waals surface area contributed by atoms with Crippen LogP contribution < -0.4 is 5.32 Å². The largest absolute Gasteiger partial charge is 0.316 e. The molecule has 0 aromatic carbocycles. The van der Waals surface area contributed by atoms with Crippen molar-refractivity contribution in [1.82, 2.24) is 15.3 Å². The molecule has 20 heavy (non-hydrogen) atoms. The fourth-order valence-electron chi connectivity index (χ4n) is 2.68. The molecule has 0 amide bonds. The Morgan fingerprint density at radius 2 is 2.15 bits per heavy atom. The van der Waals surface area contributed by atoms with Crippen LogP contribution in [0.25, 0.3) is 10.2 Å². The van der Waals surface area contributed by atoms with Crippen molar-refractivity contribution in [3.63, 3.8) is 0 Å². The summed E-state index contributed by atoms with van der Waals surface area (Å²) in [6.07, 6.45) is 2.65. The fraction of sp³-hybridized carbons (Fsp3) is 0.600. The number of thiophene rings is 1. The lowest BCUT2D eigenvalue weighted by Crippen LogP contribution is -2.30. The Kier molecular flexibility index (Phi) is 4.29. The van der Waals surface area contributed by atoms with Gasteiger partial charge in [-0.3, -0.25) is 0 Å². The summed E-state index contributed by atoms with van der Waals surface area (Å²) in [6.45, 7) is 8.70. The van der Waals surface area contributed by atoms with E-state index in [1.165, 1.54) is 40.2 Å². The van der Waals surface area contributed by atoms with E-state index in [-0.39, 0.29) is 0 Å². The first-order valence-electron chi connectivity index (χ1n) is 7.23. The summed E-state index contributed by atoms with van der Waals surface area (Å²) in [4.78, 5) is 11.8. The van der Waals surface area contributed by atoms with E-state index in [1.54, 1.807) is 11.3 Å². The molecule has 1 aliphatic rings. The second-order valence-electron chi connectivity index (χ2n) is 5.56. The van der Waals surface area contributed by atoms with Gasteiger partial charge in [-0.05, 0) is 58.2 Å². The van der Waals surface area contributed by atoms with Crippen molar-refractivity contribution < 1.29 is 0 Å². The maximum absolute atomic E-state index is 4.70. The van der Waals surface area contributed by atoms with E-state index in [1.807, 2.05) is 18.7 Å². The molecule has 0 spiro atoms.